The summed E-state index contributed by atoms with van der Waals surface area (Å²) < 4.78 is 14.8. The van der Waals surface area contributed by atoms with Crippen LogP contribution in [0.5, 0.6) is 0 Å². The molecule has 20 heteroatoms. The smallest absolute Gasteiger partial charge is 0.403 e. The molecule has 0 unspecified atom stereocenters. The molecule has 0 aromatic carbocycles. The Morgan fingerprint density at radius 1 is 0.727 bits per heavy atom. The van der Waals surface area contributed by atoms with E-state index in [1.165, 1.54) is 0 Å². The second kappa shape index (κ2) is 19.7. The fourth-order valence-corrected chi connectivity index (χ4v) is 8.60. The fourth-order valence-electron chi connectivity index (χ4n) is 8.39. The highest BCUT2D eigenvalue weighted by atomic mass is 35.5. The van der Waals surface area contributed by atoms with E-state index < -0.39 is 0 Å². The molecule has 0 bridgehead atoms. The van der Waals surface area contributed by atoms with Gasteiger partial charge in [-0.3, -0.25) is 19.0 Å². The van der Waals surface area contributed by atoms with Crippen molar-refractivity contribution in [1.82, 2.24) is 49.3 Å². The normalized spacial score (nSPS) is 21.0. The molecule has 2 amide bonds. The highest BCUT2D eigenvalue weighted by Crippen LogP contribution is 2.38. The molecule has 0 radical (unpaired) electrons. The third-order valence-electron chi connectivity index (χ3n) is 13.2. The first-order valence-electron chi connectivity index (χ1n) is 23.1. The second-order valence-electron chi connectivity index (χ2n) is 18.9. The molecule has 2 saturated carbocycles. The molecule has 0 N–H and O–H groups in total. The Kier molecular flexibility index (Phi) is 14.4. The van der Waals surface area contributed by atoms with Crippen molar-refractivity contribution in [1.29, 1.82) is 10.5 Å². The van der Waals surface area contributed by atoms with E-state index in [4.69, 9.17) is 25.9 Å². The molecule has 3 aliphatic heterocycles. The number of nitriles is 2. The van der Waals surface area contributed by atoms with Crippen LogP contribution in [0.25, 0.3) is 22.8 Å². The molecule has 2 aliphatic carbocycles. The van der Waals surface area contributed by atoms with Gasteiger partial charge in [-0.15, -0.1) is 0 Å². The summed E-state index contributed by atoms with van der Waals surface area (Å²) in [5.41, 5.74) is 2.79. The fraction of sp³-hybridized carbons (Fsp3) is 0.609. The van der Waals surface area contributed by atoms with Crippen molar-refractivity contribution in [3.05, 3.63) is 46.8 Å². The van der Waals surface area contributed by atoms with Gasteiger partial charge in [0.2, 0.25) is 11.8 Å². The summed E-state index contributed by atoms with van der Waals surface area (Å²) in [6, 6.07) is 4.57. The zero-order valence-electron chi connectivity index (χ0n) is 40.0. The Morgan fingerprint density at radius 3 is 1.52 bits per heavy atom. The van der Waals surface area contributed by atoms with Gasteiger partial charge in [0.15, 0.2) is 28.4 Å². The topological polar surface area (TPSA) is 200 Å². The maximum absolute atomic E-state index is 12.5. The SMILES string of the molecule is CCB1OC(C)(C)C(C)(C)O1.CCc1nc(-c2cnn(C)c2)nc(N2CCN(C(=O)C3CC3)[C@H](C)C2)c1C#N.C[C@@H]1CN(c2nc(-c3cnn(C)c3)nc(Cl)c2C#N)CCN1C(=O)C1CC1. The Balaban J connectivity index is 0.000000161. The first kappa shape index (κ1) is 48.3. The molecular formula is C46H62BClN14O4. The third kappa shape index (κ3) is 10.5. The van der Waals surface area contributed by atoms with Gasteiger partial charge in [0.1, 0.15) is 23.3 Å². The van der Waals surface area contributed by atoms with Gasteiger partial charge in [-0.2, -0.15) is 20.7 Å². The van der Waals surface area contributed by atoms with Gasteiger partial charge in [0.05, 0.1) is 40.4 Å². The summed E-state index contributed by atoms with van der Waals surface area (Å²) in [4.78, 5) is 51.3. The predicted octanol–water partition coefficient (Wildman–Crippen LogP) is 5.71. The summed E-state index contributed by atoms with van der Waals surface area (Å²) in [6.07, 6.45) is 12.7. The summed E-state index contributed by atoms with van der Waals surface area (Å²) in [7, 11) is 3.65. The van der Waals surface area contributed by atoms with E-state index in [2.05, 4.69) is 83.7 Å². The highest BCUT2D eigenvalue weighted by Gasteiger charge is 2.50. The minimum Gasteiger partial charge on any atom is -0.403 e. The van der Waals surface area contributed by atoms with Crippen LogP contribution in [0.3, 0.4) is 0 Å². The quantitative estimate of drug-likeness (QED) is 0.154. The van der Waals surface area contributed by atoms with Gasteiger partial charge >= 0.3 is 7.12 Å². The van der Waals surface area contributed by atoms with Crippen LogP contribution >= 0.6 is 11.6 Å². The number of anilines is 2. The summed E-state index contributed by atoms with van der Waals surface area (Å²) in [6.45, 7) is 20.3. The van der Waals surface area contributed by atoms with Crippen molar-refractivity contribution in [2.75, 3.05) is 49.1 Å². The number of aromatic nitrogens is 8. The Labute approximate surface area is 393 Å². The van der Waals surface area contributed by atoms with Crippen molar-refractivity contribution in [3.63, 3.8) is 0 Å². The number of aryl methyl sites for hydroxylation is 3. The number of halogens is 1. The van der Waals surface area contributed by atoms with Crippen LogP contribution in [-0.2, 0) is 39.4 Å². The van der Waals surface area contributed by atoms with Crippen LogP contribution in [0.1, 0.15) is 97.9 Å². The van der Waals surface area contributed by atoms with E-state index in [0.29, 0.717) is 74.5 Å². The zero-order valence-corrected chi connectivity index (χ0v) is 40.7. The highest BCUT2D eigenvalue weighted by molar-refractivity contribution is 6.45. The van der Waals surface area contributed by atoms with E-state index in [9.17, 15) is 20.1 Å². The van der Waals surface area contributed by atoms with Gasteiger partial charge in [-0.05, 0) is 80.0 Å². The van der Waals surface area contributed by atoms with Crippen molar-refractivity contribution in [2.24, 2.45) is 25.9 Å². The molecule has 5 fully saturated rings. The maximum atomic E-state index is 12.5. The minimum absolute atomic E-state index is 0.0139. The summed E-state index contributed by atoms with van der Waals surface area (Å²) in [5, 5.41) is 27.8. The molecule has 4 aromatic rings. The van der Waals surface area contributed by atoms with Crippen molar-refractivity contribution in [3.8, 4) is 34.9 Å². The number of carbonyl (C=O) groups is 2. The lowest BCUT2D eigenvalue weighted by atomic mass is 9.87. The van der Waals surface area contributed by atoms with Crippen LogP contribution in [0.15, 0.2) is 24.8 Å². The second-order valence-corrected chi connectivity index (χ2v) is 19.3. The summed E-state index contributed by atoms with van der Waals surface area (Å²) >= 11 is 6.28. The van der Waals surface area contributed by atoms with E-state index in [1.54, 1.807) is 28.0 Å². The lowest BCUT2D eigenvalue weighted by Gasteiger charge is -2.41. The number of nitrogens with zero attached hydrogens (tertiary/aromatic N) is 14. The third-order valence-corrected chi connectivity index (χ3v) is 13.5. The number of amides is 2. The van der Waals surface area contributed by atoms with Crippen molar-refractivity contribution < 1.29 is 18.9 Å². The average molecular weight is 921 g/mol. The van der Waals surface area contributed by atoms with Gasteiger partial charge in [-0.1, -0.05) is 25.4 Å². The van der Waals surface area contributed by atoms with Crippen LogP contribution in [0, 0.1) is 34.5 Å². The van der Waals surface area contributed by atoms with Gasteiger partial charge < -0.3 is 28.9 Å². The van der Waals surface area contributed by atoms with E-state index in [-0.39, 0.29) is 64.8 Å². The first-order chi connectivity index (χ1) is 31.4. The molecule has 4 aromatic heterocycles. The van der Waals surface area contributed by atoms with Crippen molar-refractivity contribution >= 4 is 42.2 Å². The van der Waals surface area contributed by atoms with Gasteiger partial charge in [0, 0.05) is 89.7 Å². The Morgan fingerprint density at radius 2 is 1.17 bits per heavy atom. The number of carbonyl (C=O) groups excluding carboxylic acids is 2. The molecule has 2 atom stereocenters. The van der Waals surface area contributed by atoms with Crippen molar-refractivity contribution in [2.45, 2.75) is 117 Å². The van der Waals surface area contributed by atoms with Crippen LogP contribution in [0.4, 0.5) is 11.6 Å². The molecule has 66 heavy (non-hydrogen) atoms. The Bertz CT molecular complexity index is 2490. The number of piperazine rings is 2. The van der Waals surface area contributed by atoms with Gasteiger partial charge in [0.25, 0.3) is 0 Å². The molecule has 7 heterocycles. The Hall–Kier alpha value is -5.63. The zero-order chi connectivity index (χ0) is 47.7. The molecule has 3 saturated heterocycles. The van der Waals surface area contributed by atoms with Crippen LogP contribution < -0.4 is 9.80 Å². The monoisotopic (exact) mass is 920 g/mol. The molecule has 18 nitrogen and oxygen atoms in total. The maximum Gasteiger partial charge on any atom is 0.457 e. The minimum atomic E-state index is -0.159. The van der Waals surface area contributed by atoms with E-state index in [0.717, 1.165) is 48.8 Å². The lowest BCUT2D eigenvalue weighted by Crippen LogP contribution is -2.55. The first-order valence-corrected chi connectivity index (χ1v) is 23.5. The van der Waals surface area contributed by atoms with E-state index in [1.807, 2.05) is 48.8 Å². The lowest BCUT2D eigenvalue weighted by molar-refractivity contribution is -0.135. The van der Waals surface area contributed by atoms with Gasteiger partial charge in [-0.25, -0.2) is 19.9 Å². The summed E-state index contributed by atoms with van der Waals surface area (Å²) in [5.74, 6) is 3.17. The largest absolute Gasteiger partial charge is 0.457 e. The van der Waals surface area contributed by atoms with E-state index >= 15 is 0 Å². The predicted molar refractivity (Wildman–Crippen MR) is 251 cm³/mol. The molecule has 350 valence electrons. The molecule has 9 rings (SSSR count). The molecular weight excluding hydrogens is 859 g/mol. The average Bonchev–Trinajstić information content (AvgIpc) is 4.22. The standard InChI is InChI=1S/C20H25N7O.C18H20ClN7O.C8H17BO2/c1-4-17-16(9-21)19(24-18(23-17)15-10-22-25(3)12-15)26-7-8-27(13(2)11-26)20(28)14-5-6-14;1-11-9-25(5-6-26(11)18(27)12-3-4-12)17-14(7-20)15(19)22-16(23-17)13-8-21-24(2)10-13;1-6-9-10-7(2,3)8(4,5)11-9/h10,12-14H,4-8,11H2,1-3H3;8,10-12H,3-6,9H2,1-2H3;6H2,1-5H3/t13-;11-;/m11./s1. The number of hydrogen-bond donors (Lipinski definition) is 0. The van der Waals surface area contributed by atoms with Crippen LogP contribution in [0.2, 0.25) is 11.5 Å². The van der Waals surface area contributed by atoms with Crippen LogP contribution in [-0.4, -0.2) is 131 Å². The molecule has 0 spiro atoms. The number of rotatable bonds is 8. The molecule has 5 aliphatic rings. The number of hydrogen-bond acceptors (Lipinski definition) is 14.